The van der Waals surface area contributed by atoms with Crippen LogP contribution in [0, 0.1) is 11.8 Å². The number of nitrogens with zero attached hydrogens (tertiary/aromatic N) is 2. The number of rotatable bonds is 24. The van der Waals surface area contributed by atoms with E-state index in [1.807, 2.05) is 0 Å². The summed E-state index contributed by atoms with van der Waals surface area (Å²) in [5.74, 6) is -0.978. The normalized spacial score (nSPS) is 11.0. The van der Waals surface area contributed by atoms with Crippen LogP contribution in [0.5, 0.6) is 0 Å². The lowest BCUT2D eigenvalue weighted by Crippen LogP contribution is -2.50. The van der Waals surface area contributed by atoms with Gasteiger partial charge in [-0.2, -0.15) is 0 Å². The third-order valence-electron chi connectivity index (χ3n) is 8.15. The Morgan fingerprint density at radius 1 is 0.381 bits per heavy atom. The minimum atomic E-state index is -1.73. The molecule has 0 saturated carbocycles. The maximum Gasteiger partial charge on any atom is 0.116 e. The first-order valence-electron chi connectivity index (χ1n) is 17.8. The Hall–Kier alpha value is -1.58. The first-order chi connectivity index (χ1) is 20.1. The van der Waals surface area contributed by atoms with E-state index in [1.54, 1.807) is 0 Å². The Kier molecular flexibility index (Phi) is 34.5. The van der Waals surface area contributed by atoms with Crippen LogP contribution >= 0.6 is 0 Å². The summed E-state index contributed by atoms with van der Waals surface area (Å²) in [6, 6.07) is 0. The molecule has 0 heterocycles. The molecule has 0 aromatic heterocycles. The Morgan fingerprint density at radius 3 is 0.619 bits per heavy atom. The third-order valence-corrected chi connectivity index (χ3v) is 8.15. The summed E-state index contributed by atoms with van der Waals surface area (Å²) in [6.45, 7) is 30.0. The predicted octanol–water partition coefficient (Wildman–Crippen LogP) is 6.50. The molecule has 0 aromatic rings. The van der Waals surface area contributed by atoms with Crippen LogP contribution in [-0.2, 0) is 9.59 Å². The molecule has 0 bridgehead atoms. The van der Waals surface area contributed by atoms with Crippen molar-refractivity contribution in [1.82, 2.24) is 0 Å². The molecular weight excluding hydrogens is 524 g/mol. The summed E-state index contributed by atoms with van der Waals surface area (Å²) in [6.07, 6.45) is 22.1. The average molecular weight is 597 g/mol. The molecule has 42 heavy (non-hydrogen) atoms. The fraction of sp³-hybridized carbons (Fsp3) is 0.889. The summed E-state index contributed by atoms with van der Waals surface area (Å²) in [7, 11) is 0. The number of carbonyl (C=O) groups excluding carboxylic acids is 2. The van der Waals surface area contributed by atoms with Crippen molar-refractivity contribution in [3.05, 3.63) is 0 Å². The van der Waals surface area contributed by atoms with Crippen molar-refractivity contribution < 1.29 is 28.8 Å². The number of carboxylic acid groups (broad SMARTS) is 2. The second kappa shape index (κ2) is 32.3. The first kappa shape index (κ1) is 44.9. The van der Waals surface area contributed by atoms with Gasteiger partial charge in [0.2, 0.25) is 0 Å². The highest BCUT2D eigenvalue weighted by atomic mass is 16.4. The summed E-state index contributed by atoms with van der Waals surface area (Å²) < 4.78 is 2.84. The van der Waals surface area contributed by atoms with Crippen LogP contribution in [0.2, 0.25) is 0 Å². The summed E-state index contributed by atoms with van der Waals surface area (Å²) in [5.41, 5.74) is 0. The van der Waals surface area contributed by atoms with Gasteiger partial charge in [-0.3, -0.25) is 0 Å². The predicted molar refractivity (Wildman–Crippen MR) is 177 cm³/mol. The Balaban J connectivity index is -0.000000579. The standard InChI is InChI=1S/2C16H36N.C4H2O4/c2*1-5-9-13-17(14-10-6-2,15-11-7-3)16-12-8-4;5-3(6)1-2-4(7)8/h2*5-16H2,1-4H3;(H,5,6)(H,7,8)/q2*+1;/p-2. The SMILES string of the molecule is CCCC[N+](CCCC)(CCCC)CCCC.CCCC[N+](CCCC)(CCCC)CCCC.O=C([O-])C#CC(=O)[O-]. The highest BCUT2D eigenvalue weighted by Crippen LogP contribution is 2.17. The molecule has 0 fully saturated rings. The van der Waals surface area contributed by atoms with Gasteiger partial charge in [-0.15, -0.1) is 0 Å². The van der Waals surface area contributed by atoms with E-state index in [9.17, 15) is 19.8 Å². The number of quaternary nitrogens is 2. The zero-order chi connectivity index (χ0) is 32.5. The second-order valence-electron chi connectivity index (χ2n) is 12.1. The molecule has 0 aliphatic carbocycles. The van der Waals surface area contributed by atoms with Crippen molar-refractivity contribution in [3.8, 4) is 11.8 Å². The Bertz CT molecular complexity index is 540. The minimum absolute atomic E-state index is 1.24. The van der Waals surface area contributed by atoms with Gasteiger partial charge in [0.1, 0.15) is 11.9 Å². The minimum Gasteiger partial charge on any atom is -0.537 e. The number of carboxylic acids is 2. The van der Waals surface area contributed by atoms with Gasteiger partial charge in [0.25, 0.3) is 0 Å². The zero-order valence-electron chi connectivity index (χ0n) is 29.5. The average Bonchev–Trinajstić information content (AvgIpc) is 2.99. The topological polar surface area (TPSA) is 80.3 Å². The Labute approximate surface area is 262 Å². The van der Waals surface area contributed by atoms with E-state index in [0.717, 1.165) is 0 Å². The molecule has 0 saturated heterocycles. The van der Waals surface area contributed by atoms with Crippen LogP contribution in [0.3, 0.4) is 0 Å². The molecule has 0 aromatic carbocycles. The van der Waals surface area contributed by atoms with Crippen molar-refractivity contribution in [1.29, 1.82) is 0 Å². The molecular formula is C36H72N2O4. The van der Waals surface area contributed by atoms with Crippen LogP contribution in [0.1, 0.15) is 158 Å². The molecule has 0 radical (unpaired) electrons. The third kappa shape index (κ3) is 28.5. The van der Waals surface area contributed by atoms with Gasteiger partial charge in [-0.05, 0) is 63.2 Å². The van der Waals surface area contributed by atoms with E-state index in [1.165, 1.54) is 176 Å². The fourth-order valence-electron chi connectivity index (χ4n) is 5.39. The van der Waals surface area contributed by atoms with Crippen molar-refractivity contribution in [2.24, 2.45) is 0 Å². The van der Waals surface area contributed by atoms with E-state index in [0.29, 0.717) is 0 Å². The van der Waals surface area contributed by atoms with E-state index in [-0.39, 0.29) is 0 Å². The monoisotopic (exact) mass is 597 g/mol. The number of hydrogen-bond donors (Lipinski definition) is 0. The summed E-state index contributed by atoms with van der Waals surface area (Å²) in [4.78, 5) is 18.7. The number of unbranched alkanes of at least 4 members (excludes halogenated alkanes) is 8. The van der Waals surface area contributed by atoms with Gasteiger partial charge in [0, 0.05) is 0 Å². The van der Waals surface area contributed by atoms with Crippen molar-refractivity contribution >= 4 is 11.9 Å². The number of carbonyl (C=O) groups is 2. The van der Waals surface area contributed by atoms with Crippen LogP contribution < -0.4 is 10.2 Å². The van der Waals surface area contributed by atoms with Crippen LogP contribution in [0.4, 0.5) is 0 Å². The van der Waals surface area contributed by atoms with Crippen LogP contribution in [-0.4, -0.2) is 73.3 Å². The van der Waals surface area contributed by atoms with Gasteiger partial charge >= 0.3 is 0 Å². The second-order valence-corrected chi connectivity index (χ2v) is 12.1. The highest BCUT2D eigenvalue weighted by molar-refractivity contribution is 5.94. The number of aliphatic carboxylic acids is 2. The van der Waals surface area contributed by atoms with Gasteiger partial charge in [-0.25, -0.2) is 0 Å². The lowest BCUT2D eigenvalue weighted by molar-refractivity contribution is -0.929. The van der Waals surface area contributed by atoms with Crippen molar-refractivity contribution in [2.45, 2.75) is 158 Å². The van der Waals surface area contributed by atoms with E-state index >= 15 is 0 Å². The number of hydrogen-bond acceptors (Lipinski definition) is 4. The molecule has 6 nitrogen and oxygen atoms in total. The van der Waals surface area contributed by atoms with Crippen molar-refractivity contribution in [2.75, 3.05) is 52.4 Å². The molecule has 0 unspecified atom stereocenters. The van der Waals surface area contributed by atoms with Gasteiger partial charge in [0.05, 0.1) is 52.4 Å². The molecule has 0 N–H and O–H groups in total. The van der Waals surface area contributed by atoms with Crippen LogP contribution in [0.15, 0.2) is 0 Å². The smallest absolute Gasteiger partial charge is 0.116 e. The van der Waals surface area contributed by atoms with Gasteiger partial charge in [0.15, 0.2) is 0 Å². The van der Waals surface area contributed by atoms with Gasteiger partial charge in [-0.1, -0.05) is 107 Å². The molecule has 0 aliphatic heterocycles. The molecule has 6 heteroatoms. The highest BCUT2D eigenvalue weighted by Gasteiger charge is 2.25. The molecule has 0 atom stereocenters. The van der Waals surface area contributed by atoms with E-state index < -0.39 is 11.9 Å². The zero-order valence-corrected chi connectivity index (χ0v) is 29.5. The maximum absolute atomic E-state index is 9.33. The lowest BCUT2D eigenvalue weighted by Gasteiger charge is -2.39. The molecule has 0 rings (SSSR count). The Morgan fingerprint density at radius 2 is 0.524 bits per heavy atom. The fourth-order valence-corrected chi connectivity index (χ4v) is 5.39. The molecule has 0 amide bonds. The summed E-state index contributed by atoms with van der Waals surface area (Å²) >= 11 is 0. The molecule has 0 spiro atoms. The quantitative estimate of drug-likeness (QED) is 0.0941. The maximum atomic E-state index is 9.33. The van der Waals surface area contributed by atoms with Crippen molar-refractivity contribution in [3.63, 3.8) is 0 Å². The largest absolute Gasteiger partial charge is 0.537 e. The van der Waals surface area contributed by atoms with E-state index in [2.05, 4.69) is 55.4 Å². The lowest BCUT2D eigenvalue weighted by atomic mass is 10.1. The van der Waals surface area contributed by atoms with Gasteiger partial charge < -0.3 is 28.8 Å². The van der Waals surface area contributed by atoms with E-state index in [4.69, 9.17) is 0 Å². The summed E-state index contributed by atoms with van der Waals surface area (Å²) in [5, 5.41) is 18.7. The molecule has 0 aliphatic rings. The first-order valence-corrected chi connectivity index (χ1v) is 17.8. The molecule has 250 valence electrons. The van der Waals surface area contributed by atoms with Crippen LogP contribution in [0.25, 0.3) is 0 Å².